The van der Waals surface area contributed by atoms with Gasteiger partial charge in [-0.2, -0.15) is 0 Å². The van der Waals surface area contributed by atoms with E-state index in [1.54, 1.807) is 0 Å². The van der Waals surface area contributed by atoms with Crippen LogP contribution >= 0.6 is 0 Å². The molecule has 0 saturated carbocycles. The maximum Gasteiger partial charge on any atom is 0.329 e. The van der Waals surface area contributed by atoms with Gasteiger partial charge in [-0.1, -0.05) is 250 Å². The van der Waals surface area contributed by atoms with E-state index < -0.39 is 42.3 Å². The van der Waals surface area contributed by atoms with Crippen molar-refractivity contribution in [3.63, 3.8) is 0 Å². The number of hydrogen-bond donors (Lipinski definition) is 5. The van der Waals surface area contributed by atoms with Crippen molar-refractivity contribution in [1.82, 2.24) is 21.3 Å². The smallest absolute Gasteiger partial charge is 0.329 e. The van der Waals surface area contributed by atoms with Crippen LogP contribution in [0.3, 0.4) is 0 Å². The van der Waals surface area contributed by atoms with Gasteiger partial charge in [0.2, 0.25) is 23.6 Å². The van der Waals surface area contributed by atoms with Crippen molar-refractivity contribution < 1.29 is 38.6 Å². The van der Waals surface area contributed by atoms with E-state index in [2.05, 4.69) is 35.1 Å². The molecule has 1 aromatic rings. The van der Waals surface area contributed by atoms with Gasteiger partial charge < -0.3 is 31.1 Å². The molecule has 0 radical (unpaired) electrons. The quantitative estimate of drug-likeness (QED) is 0.0316. The highest BCUT2D eigenvalue weighted by Gasteiger charge is 2.29. The van der Waals surface area contributed by atoms with E-state index in [9.17, 15) is 28.8 Å². The molecule has 0 aliphatic carbocycles. The normalized spacial score (nSPS) is 12.0. The molecule has 12 nitrogen and oxygen atoms in total. The molecular formula is C59H104N4O8. The molecule has 408 valence electrons. The summed E-state index contributed by atoms with van der Waals surface area (Å²) in [5, 5.41) is 20.1. The van der Waals surface area contributed by atoms with Gasteiger partial charge in [-0.3, -0.25) is 24.0 Å². The minimum Gasteiger partial charge on any atom is -0.481 e. The van der Waals surface area contributed by atoms with Crippen molar-refractivity contribution in [3.05, 3.63) is 35.9 Å². The molecule has 0 aliphatic heterocycles. The van der Waals surface area contributed by atoms with Crippen LogP contribution in [-0.4, -0.2) is 65.8 Å². The van der Waals surface area contributed by atoms with Crippen LogP contribution in [0.15, 0.2) is 30.3 Å². The largest absolute Gasteiger partial charge is 0.481 e. The lowest BCUT2D eigenvalue weighted by molar-refractivity contribution is -0.150. The first-order valence-electron chi connectivity index (χ1n) is 29.2. The third-order valence-corrected chi connectivity index (χ3v) is 13.5. The standard InChI is InChI=1S/C59H104N4O8/c1-3-5-7-9-11-13-15-17-19-21-25-29-33-40-46-60-55(65)48-52(58(69)61-47-41-34-30-26-22-20-18-16-14-12-10-8-6-4-2)62-56(66)49-53(59(70)71-50-51-42-36-35-37-43-51)63-54(64)44-38-31-27-23-24-28-32-39-45-57(67)68/h35-37,42-43,52-53H,3-34,38-41,44-50H2,1-2H3,(H,60,65)(H,61,69)(H,62,66)(H,63,64)(H,67,68)/t52-,53-/m0/s1. The Morgan fingerprint density at radius 3 is 1.23 bits per heavy atom. The van der Waals surface area contributed by atoms with Crippen LogP contribution in [0.2, 0.25) is 0 Å². The van der Waals surface area contributed by atoms with Crippen LogP contribution in [0.1, 0.15) is 276 Å². The fourth-order valence-corrected chi connectivity index (χ4v) is 9.02. The maximum absolute atomic E-state index is 13.7. The molecule has 0 aliphatic rings. The van der Waals surface area contributed by atoms with Crippen molar-refractivity contribution in [2.45, 2.75) is 289 Å². The molecule has 0 saturated heterocycles. The minimum atomic E-state index is -1.29. The highest BCUT2D eigenvalue weighted by molar-refractivity contribution is 5.94. The van der Waals surface area contributed by atoms with Crippen molar-refractivity contribution in [2.75, 3.05) is 13.1 Å². The Morgan fingerprint density at radius 1 is 0.423 bits per heavy atom. The van der Waals surface area contributed by atoms with E-state index in [0.29, 0.717) is 25.9 Å². The summed E-state index contributed by atoms with van der Waals surface area (Å²) < 4.78 is 5.57. The Labute approximate surface area is 432 Å². The zero-order valence-corrected chi connectivity index (χ0v) is 45.3. The molecule has 1 rings (SSSR count). The Bertz CT molecular complexity index is 1480. The highest BCUT2D eigenvalue weighted by atomic mass is 16.5. The molecule has 0 fully saturated rings. The van der Waals surface area contributed by atoms with Crippen LogP contribution in [0.25, 0.3) is 0 Å². The topological polar surface area (TPSA) is 180 Å². The highest BCUT2D eigenvalue weighted by Crippen LogP contribution is 2.16. The van der Waals surface area contributed by atoms with E-state index in [1.807, 2.05) is 30.3 Å². The molecular weight excluding hydrogens is 893 g/mol. The predicted molar refractivity (Wildman–Crippen MR) is 290 cm³/mol. The number of rotatable bonds is 51. The second kappa shape index (κ2) is 48.3. The molecule has 1 aromatic carbocycles. The molecule has 12 heteroatoms. The molecule has 0 bridgehead atoms. The van der Waals surface area contributed by atoms with Crippen LogP contribution < -0.4 is 21.3 Å². The van der Waals surface area contributed by atoms with Gasteiger partial charge in [-0.05, 0) is 31.2 Å². The number of carbonyl (C=O) groups is 6. The molecule has 0 spiro atoms. The number of carboxylic acids is 1. The van der Waals surface area contributed by atoms with Gasteiger partial charge in [0, 0.05) is 25.9 Å². The summed E-state index contributed by atoms with van der Waals surface area (Å²) in [6.45, 7) is 5.40. The van der Waals surface area contributed by atoms with Crippen LogP contribution in [-0.2, 0) is 40.1 Å². The van der Waals surface area contributed by atoms with Crippen molar-refractivity contribution in [1.29, 1.82) is 0 Å². The fourth-order valence-electron chi connectivity index (χ4n) is 9.02. The van der Waals surface area contributed by atoms with E-state index in [0.717, 1.165) is 82.6 Å². The third-order valence-electron chi connectivity index (χ3n) is 13.5. The Hall–Kier alpha value is -3.96. The Morgan fingerprint density at radius 2 is 0.789 bits per heavy atom. The number of nitrogens with one attached hydrogen (secondary N) is 4. The molecule has 0 aromatic heterocycles. The lowest BCUT2D eigenvalue weighted by Crippen LogP contribution is -2.51. The number of benzene rings is 1. The summed E-state index contributed by atoms with van der Waals surface area (Å²) in [5.74, 6) is -3.33. The van der Waals surface area contributed by atoms with Gasteiger partial charge in [-0.15, -0.1) is 0 Å². The van der Waals surface area contributed by atoms with Gasteiger partial charge in [0.15, 0.2) is 0 Å². The van der Waals surface area contributed by atoms with Crippen molar-refractivity contribution in [2.24, 2.45) is 0 Å². The molecule has 0 unspecified atom stereocenters. The maximum atomic E-state index is 13.7. The first-order chi connectivity index (χ1) is 34.7. The Balaban J connectivity index is 2.72. The second-order valence-electron chi connectivity index (χ2n) is 20.3. The lowest BCUT2D eigenvalue weighted by atomic mass is 10.0. The molecule has 4 amide bonds. The van der Waals surface area contributed by atoms with E-state index >= 15 is 0 Å². The van der Waals surface area contributed by atoms with E-state index in [4.69, 9.17) is 9.84 Å². The number of unbranched alkanes of at least 4 members (excludes halogenated alkanes) is 33. The van der Waals surface area contributed by atoms with Gasteiger partial charge >= 0.3 is 11.9 Å². The lowest BCUT2D eigenvalue weighted by Gasteiger charge is -2.21. The summed E-state index contributed by atoms with van der Waals surface area (Å²) in [5.41, 5.74) is 0.757. The summed E-state index contributed by atoms with van der Waals surface area (Å²) in [7, 11) is 0. The molecule has 71 heavy (non-hydrogen) atoms. The third kappa shape index (κ3) is 42.3. The number of amides is 4. The first kappa shape index (κ1) is 65.1. The second-order valence-corrected chi connectivity index (χ2v) is 20.3. The number of carboxylic acid groups (broad SMARTS) is 1. The zero-order chi connectivity index (χ0) is 51.7. The predicted octanol–water partition coefficient (Wildman–Crippen LogP) is 13.7. The molecule has 5 N–H and O–H groups in total. The molecule has 0 heterocycles. The van der Waals surface area contributed by atoms with Gasteiger partial charge in [0.25, 0.3) is 0 Å². The summed E-state index contributed by atoms with van der Waals surface area (Å²) in [6.07, 6.45) is 41.3. The summed E-state index contributed by atoms with van der Waals surface area (Å²) >= 11 is 0. The van der Waals surface area contributed by atoms with Gasteiger partial charge in [0.1, 0.15) is 18.7 Å². The fraction of sp³-hybridized carbons (Fsp3) is 0.797. The van der Waals surface area contributed by atoms with Crippen LogP contribution in [0.4, 0.5) is 0 Å². The van der Waals surface area contributed by atoms with Gasteiger partial charge in [0.05, 0.1) is 12.8 Å². The van der Waals surface area contributed by atoms with E-state index in [1.165, 1.54) is 141 Å². The Kier molecular flexibility index (Phi) is 44.3. The number of esters is 1. The average molecular weight is 998 g/mol. The average Bonchev–Trinajstić information content (AvgIpc) is 3.35. The first-order valence-corrected chi connectivity index (χ1v) is 29.2. The number of carbonyl (C=O) groups excluding carboxylic acids is 5. The van der Waals surface area contributed by atoms with Crippen LogP contribution in [0, 0.1) is 0 Å². The monoisotopic (exact) mass is 997 g/mol. The van der Waals surface area contributed by atoms with Crippen molar-refractivity contribution in [3.8, 4) is 0 Å². The van der Waals surface area contributed by atoms with E-state index in [-0.39, 0.29) is 37.7 Å². The summed E-state index contributed by atoms with van der Waals surface area (Å²) in [6, 6.07) is 6.71. The molecule has 2 atom stereocenters. The van der Waals surface area contributed by atoms with Crippen LogP contribution in [0.5, 0.6) is 0 Å². The van der Waals surface area contributed by atoms with Gasteiger partial charge in [-0.25, -0.2) is 4.79 Å². The number of hydrogen-bond acceptors (Lipinski definition) is 7. The number of ether oxygens (including phenoxy) is 1. The minimum absolute atomic E-state index is 0.0340. The zero-order valence-electron chi connectivity index (χ0n) is 45.3. The van der Waals surface area contributed by atoms with Crippen molar-refractivity contribution >= 4 is 35.6 Å². The number of aliphatic carboxylic acids is 1. The SMILES string of the molecule is CCCCCCCCCCCCCCCCNC(=O)C[C@H](NC(=O)C[C@H](NC(=O)CCCCCCCCCCC(=O)O)C(=O)OCc1ccccc1)C(=O)NCCCCCCCCCCCCCCCC. The summed E-state index contributed by atoms with van der Waals surface area (Å²) in [4.78, 5) is 77.8.